The van der Waals surface area contributed by atoms with Crippen molar-refractivity contribution in [3.05, 3.63) is 17.0 Å². The van der Waals surface area contributed by atoms with Gasteiger partial charge < -0.3 is 0 Å². The first kappa shape index (κ1) is 11.2. The fourth-order valence-corrected chi connectivity index (χ4v) is 3.11. The van der Waals surface area contributed by atoms with Gasteiger partial charge >= 0.3 is 0 Å². The lowest BCUT2D eigenvalue weighted by atomic mass is 10.5. The van der Waals surface area contributed by atoms with Gasteiger partial charge in [-0.1, -0.05) is 6.92 Å². The van der Waals surface area contributed by atoms with E-state index < -0.39 is 10.0 Å². The van der Waals surface area contributed by atoms with Crippen molar-refractivity contribution < 1.29 is 8.42 Å². The molecule has 1 aromatic heterocycles. The summed E-state index contributed by atoms with van der Waals surface area (Å²) in [5.41, 5.74) is 0. The molecule has 0 bridgehead atoms. The molecule has 0 aliphatic heterocycles. The Morgan fingerprint density at radius 2 is 2.29 bits per heavy atom. The maximum Gasteiger partial charge on any atom is 0.250 e. The van der Waals surface area contributed by atoms with Gasteiger partial charge in [-0.15, -0.1) is 11.3 Å². The highest BCUT2D eigenvalue weighted by Gasteiger charge is 2.15. The Balaban J connectivity index is 2.88. The van der Waals surface area contributed by atoms with Crippen LogP contribution in [0.5, 0.6) is 0 Å². The van der Waals surface area contributed by atoms with E-state index in [-0.39, 0.29) is 4.21 Å². The average Bonchev–Trinajstić information content (AvgIpc) is 2.63. The van der Waals surface area contributed by atoms with E-state index in [1.54, 1.807) is 0 Å². The lowest BCUT2D eigenvalue weighted by Gasteiger charge is -2.01. The van der Waals surface area contributed by atoms with Crippen LogP contribution in [0.2, 0.25) is 0 Å². The van der Waals surface area contributed by atoms with E-state index in [0.717, 1.165) is 17.8 Å². The molecule has 0 saturated heterocycles. The minimum absolute atomic E-state index is 0.197. The van der Waals surface area contributed by atoms with E-state index in [9.17, 15) is 8.42 Å². The molecule has 1 N–H and O–H groups in total. The molecule has 1 rings (SSSR count). The third-order valence-corrected chi connectivity index (χ3v) is 4.44. The van der Waals surface area contributed by atoms with Crippen LogP contribution >= 0.6 is 11.3 Å². The molecule has 0 unspecified atom stereocenters. The van der Waals surface area contributed by atoms with Gasteiger partial charge in [0.05, 0.1) is 0 Å². The number of nitrogens with one attached hydrogen (secondary N) is 1. The molecule has 0 amide bonds. The Morgan fingerprint density at radius 1 is 1.57 bits per heavy atom. The molecule has 1 heterocycles. The molecule has 76 valence electrons. The summed E-state index contributed by atoms with van der Waals surface area (Å²) in [7, 11) is -3.39. The maximum atomic E-state index is 11.5. The number of hydrogen-bond acceptors (Lipinski definition) is 4. The van der Waals surface area contributed by atoms with Crippen LogP contribution in [0.1, 0.15) is 18.2 Å². The van der Waals surface area contributed by atoms with Crippen LogP contribution in [0.15, 0.2) is 16.3 Å². The van der Waals surface area contributed by atoms with Crippen LogP contribution < -0.4 is 4.72 Å². The minimum Gasteiger partial charge on any atom is -0.210 e. The Labute approximate surface area is 87.2 Å². The highest BCUT2D eigenvalue weighted by molar-refractivity contribution is 7.91. The largest absolute Gasteiger partial charge is 0.250 e. The molecule has 1 aromatic rings. The summed E-state index contributed by atoms with van der Waals surface area (Å²) in [6.07, 6.45) is 0.746. The zero-order valence-electron chi connectivity index (χ0n) is 7.65. The highest BCUT2D eigenvalue weighted by atomic mass is 32.2. The zero-order chi connectivity index (χ0) is 10.6. The average molecular weight is 230 g/mol. The molecule has 0 saturated carbocycles. The first-order valence-corrected chi connectivity index (χ1v) is 6.39. The SMILES string of the molecule is CCCNS(=O)(=O)c1ccc(C#N)s1. The first-order chi connectivity index (χ1) is 6.60. The smallest absolute Gasteiger partial charge is 0.210 e. The monoisotopic (exact) mass is 230 g/mol. The van der Waals surface area contributed by atoms with Crippen molar-refractivity contribution in [3.63, 3.8) is 0 Å². The fraction of sp³-hybridized carbons (Fsp3) is 0.375. The standard InChI is InChI=1S/C8H10N2O2S2/c1-2-5-10-14(11,12)8-4-3-7(6-9)13-8/h3-4,10H,2,5H2,1H3. The maximum absolute atomic E-state index is 11.5. The van der Waals surface area contributed by atoms with Gasteiger partial charge in [0.2, 0.25) is 10.0 Å². The van der Waals surface area contributed by atoms with Crippen molar-refractivity contribution in [2.75, 3.05) is 6.54 Å². The molecule has 0 aliphatic rings. The van der Waals surface area contributed by atoms with Crippen molar-refractivity contribution in [2.24, 2.45) is 0 Å². The molecular weight excluding hydrogens is 220 g/mol. The van der Waals surface area contributed by atoms with E-state index in [2.05, 4.69) is 4.72 Å². The summed E-state index contributed by atoms with van der Waals surface area (Å²) in [5, 5.41) is 8.54. The van der Waals surface area contributed by atoms with E-state index in [0.29, 0.717) is 11.4 Å². The van der Waals surface area contributed by atoms with Crippen LogP contribution in [0.25, 0.3) is 0 Å². The lowest BCUT2D eigenvalue weighted by molar-refractivity contribution is 0.583. The molecule has 0 atom stereocenters. The van der Waals surface area contributed by atoms with E-state index in [1.165, 1.54) is 12.1 Å². The molecule has 14 heavy (non-hydrogen) atoms. The Morgan fingerprint density at radius 3 is 2.79 bits per heavy atom. The summed E-state index contributed by atoms with van der Waals surface area (Å²) in [6.45, 7) is 2.31. The predicted molar refractivity (Wildman–Crippen MR) is 54.5 cm³/mol. The molecule has 0 aliphatic carbocycles. The second-order valence-electron chi connectivity index (χ2n) is 2.63. The molecule has 0 spiro atoms. The van der Waals surface area contributed by atoms with Crippen molar-refractivity contribution >= 4 is 21.4 Å². The van der Waals surface area contributed by atoms with Gasteiger partial charge in [-0.05, 0) is 18.6 Å². The van der Waals surface area contributed by atoms with Crippen molar-refractivity contribution in [2.45, 2.75) is 17.6 Å². The van der Waals surface area contributed by atoms with Crippen molar-refractivity contribution in [3.8, 4) is 6.07 Å². The van der Waals surface area contributed by atoms with Gasteiger partial charge in [0.1, 0.15) is 15.2 Å². The molecule has 0 fully saturated rings. The number of nitriles is 1. The van der Waals surface area contributed by atoms with E-state index in [4.69, 9.17) is 5.26 Å². The van der Waals surface area contributed by atoms with Gasteiger partial charge in [-0.25, -0.2) is 13.1 Å². The van der Waals surface area contributed by atoms with Crippen LogP contribution in [-0.4, -0.2) is 15.0 Å². The molecule has 0 aromatic carbocycles. The number of thiophene rings is 1. The summed E-state index contributed by atoms with van der Waals surface area (Å²) in [6, 6.07) is 4.85. The minimum atomic E-state index is -3.39. The molecule has 6 heteroatoms. The van der Waals surface area contributed by atoms with Crippen LogP contribution in [0, 0.1) is 11.3 Å². The van der Waals surface area contributed by atoms with Crippen LogP contribution in [-0.2, 0) is 10.0 Å². The van der Waals surface area contributed by atoms with E-state index in [1.807, 2.05) is 13.0 Å². The Kier molecular flexibility index (Phi) is 3.63. The predicted octanol–water partition coefficient (Wildman–Crippen LogP) is 1.31. The molecule has 4 nitrogen and oxygen atoms in total. The van der Waals surface area contributed by atoms with Gasteiger partial charge in [0.25, 0.3) is 0 Å². The summed E-state index contributed by atoms with van der Waals surface area (Å²) in [4.78, 5) is 0.405. The number of nitrogens with zero attached hydrogens (tertiary/aromatic N) is 1. The quantitative estimate of drug-likeness (QED) is 0.847. The summed E-state index contributed by atoms with van der Waals surface area (Å²) < 4.78 is 25.7. The van der Waals surface area contributed by atoms with Gasteiger partial charge in [-0.3, -0.25) is 0 Å². The van der Waals surface area contributed by atoms with Crippen molar-refractivity contribution in [1.29, 1.82) is 5.26 Å². The second-order valence-corrected chi connectivity index (χ2v) is 5.71. The van der Waals surface area contributed by atoms with Crippen molar-refractivity contribution in [1.82, 2.24) is 4.72 Å². The fourth-order valence-electron chi connectivity index (χ4n) is 0.832. The highest BCUT2D eigenvalue weighted by Crippen LogP contribution is 2.20. The third kappa shape index (κ3) is 2.54. The third-order valence-electron chi connectivity index (χ3n) is 1.50. The normalized spacial score (nSPS) is 11.1. The number of sulfonamides is 1. The van der Waals surface area contributed by atoms with Crippen LogP contribution in [0.3, 0.4) is 0 Å². The first-order valence-electron chi connectivity index (χ1n) is 4.09. The van der Waals surface area contributed by atoms with E-state index >= 15 is 0 Å². The van der Waals surface area contributed by atoms with Gasteiger partial charge in [0, 0.05) is 6.54 Å². The summed E-state index contributed by atoms with van der Waals surface area (Å²) >= 11 is 0.979. The lowest BCUT2D eigenvalue weighted by Crippen LogP contribution is -2.23. The van der Waals surface area contributed by atoms with Gasteiger partial charge in [-0.2, -0.15) is 5.26 Å². The molecule has 0 radical (unpaired) electrons. The second kappa shape index (κ2) is 4.55. The number of rotatable bonds is 4. The van der Waals surface area contributed by atoms with Crippen LogP contribution in [0.4, 0.5) is 0 Å². The molecular formula is C8H10N2O2S2. The Hall–Kier alpha value is -0.900. The van der Waals surface area contributed by atoms with Gasteiger partial charge in [0.15, 0.2) is 0 Å². The summed E-state index contributed by atoms with van der Waals surface area (Å²) in [5.74, 6) is 0. The zero-order valence-corrected chi connectivity index (χ0v) is 9.28. The Bertz CT molecular complexity index is 442. The topological polar surface area (TPSA) is 70.0 Å². The number of hydrogen-bond donors (Lipinski definition) is 1.